The number of nitrogens with zero attached hydrogens (tertiary/aromatic N) is 2. The van der Waals surface area contributed by atoms with Gasteiger partial charge in [-0.05, 0) is 30.9 Å². The van der Waals surface area contributed by atoms with Crippen molar-refractivity contribution in [3.8, 4) is 0 Å². The topological polar surface area (TPSA) is 28.2 Å². The van der Waals surface area contributed by atoms with Gasteiger partial charge in [0.05, 0.1) is 0 Å². The van der Waals surface area contributed by atoms with E-state index in [2.05, 4.69) is 52.5 Å². The highest BCUT2D eigenvalue weighted by Gasteiger charge is 2.24. The molecule has 1 saturated heterocycles. The van der Waals surface area contributed by atoms with Gasteiger partial charge in [-0.1, -0.05) is 37.3 Å². The van der Waals surface area contributed by atoms with Crippen LogP contribution in [0.5, 0.6) is 0 Å². The van der Waals surface area contributed by atoms with Gasteiger partial charge in [0.15, 0.2) is 5.13 Å². The van der Waals surface area contributed by atoms with Gasteiger partial charge in [0.2, 0.25) is 0 Å². The van der Waals surface area contributed by atoms with Gasteiger partial charge in [0.25, 0.3) is 0 Å². The second-order valence-electron chi connectivity index (χ2n) is 5.69. The number of likely N-dealkylation sites (tertiary alicyclic amines) is 1. The summed E-state index contributed by atoms with van der Waals surface area (Å²) in [5.74, 6) is 0.691. The second kappa shape index (κ2) is 7.05. The highest BCUT2D eigenvalue weighted by molar-refractivity contribution is 7.15. The van der Waals surface area contributed by atoms with Crippen molar-refractivity contribution in [1.82, 2.24) is 9.88 Å². The van der Waals surface area contributed by atoms with E-state index in [1.54, 1.807) is 11.3 Å². The minimum atomic E-state index is 0.691. The summed E-state index contributed by atoms with van der Waals surface area (Å²) in [7, 11) is 0. The zero-order valence-electron chi connectivity index (χ0n) is 12.6. The van der Waals surface area contributed by atoms with E-state index in [1.807, 2.05) is 6.20 Å². The Kier molecular flexibility index (Phi) is 4.88. The monoisotopic (exact) mass is 301 g/mol. The molecule has 1 fully saturated rings. The maximum Gasteiger partial charge on any atom is 0.182 e. The fourth-order valence-corrected chi connectivity index (χ4v) is 3.77. The molecule has 21 heavy (non-hydrogen) atoms. The number of rotatable bonds is 6. The average molecular weight is 301 g/mol. The Hall–Kier alpha value is -1.39. The first kappa shape index (κ1) is 14.5. The fourth-order valence-electron chi connectivity index (χ4n) is 2.89. The molecule has 0 amide bonds. The van der Waals surface area contributed by atoms with Gasteiger partial charge in [-0.3, -0.25) is 4.90 Å². The Morgan fingerprint density at radius 3 is 3.00 bits per heavy atom. The Balaban J connectivity index is 1.54. The van der Waals surface area contributed by atoms with Crippen molar-refractivity contribution >= 4 is 16.5 Å². The second-order valence-corrected chi connectivity index (χ2v) is 6.81. The molecule has 0 aliphatic carbocycles. The average Bonchev–Trinajstić information content (AvgIpc) is 3.16. The number of benzene rings is 1. The molecular weight excluding hydrogens is 278 g/mol. The molecule has 3 nitrogen and oxygen atoms in total. The Labute approximate surface area is 131 Å². The number of aromatic nitrogens is 1. The minimum absolute atomic E-state index is 0.691. The van der Waals surface area contributed by atoms with Crippen molar-refractivity contribution in [2.45, 2.75) is 32.2 Å². The minimum Gasteiger partial charge on any atom is -0.362 e. The van der Waals surface area contributed by atoms with Crippen LogP contribution in [0.15, 0.2) is 36.5 Å². The van der Waals surface area contributed by atoms with Gasteiger partial charge in [-0.15, -0.1) is 11.3 Å². The quantitative estimate of drug-likeness (QED) is 0.875. The first-order valence-corrected chi connectivity index (χ1v) is 8.62. The molecule has 0 spiro atoms. The number of thiazole rings is 1. The number of hydrogen-bond acceptors (Lipinski definition) is 4. The molecule has 4 heteroatoms. The molecule has 2 aromatic rings. The van der Waals surface area contributed by atoms with E-state index >= 15 is 0 Å². The predicted octanol–water partition coefficient (Wildman–Crippen LogP) is 3.95. The molecule has 1 unspecified atom stereocenters. The molecule has 3 rings (SSSR count). The van der Waals surface area contributed by atoms with Gasteiger partial charge in [0, 0.05) is 30.7 Å². The summed E-state index contributed by atoms with van der Waals surface area (Å²) < 4.78 is 0. The summed E-state index contributed by atoms with van der Waals surface area (Å²) in [6.45, 7) is 6.58. The summed E-state index contributed by atoms with van der Waals surface area (Å²) in [6.07, 6.45) is 4.43. The SMILES string of the molecule is CCCNc1ncc(CN2CCC(c3ccccc3)C2)s1. The van der Waals surface area contributed by atoms with Crippen molar-refractivity contribution in [3.63, 3.8) is 0 Å². The van der Waals surface area contributed by atoms with Gasteiger partial charge >= 0.3 is 0 Å². The van der Waals surface area contributed by atoms with E-state index in [9.17, 15) is 0 Å². The third-order valence-corrected chi connectivity index (χ3v) is 4.94. The van der Waals surface area contributed by atoms with Gasteiger partial charge < -0.3 is 5.32 Å². The van der Waals surface area contributed by atoms with Crippen molar-refractivity contribution in [3.05, 3.63) is 47.0 Å². The summed E-state index contributed by atoms with van der Waals surface area (Å²) in [5.41, 5.74) is 1.48. The van der Waals surface area contributed by atoms with Gasteiger partial charge in [-0.25, -0.2) is 4.98 Å². The van der Waals surface area contributed by atoms with E-state index in [-0.39, 0.29) is 0 Å². The normalized spacial score (nSPS) is 19.0. The van der Waals surface area contributed by atoms with E-state index in [0.29, 0.717) is 5.92 Å². The Bertz CT molecular complexity index is 552. The molecular formula is C17H23N3S. The van der Waals surface area contributed by atoms with Crippen molar-refractivity contribution in [2.24, 2.45) is 0 Å². The molecule has 0 bridgehead atoms. The standard InChI is InChI=1S/C17H23N3S/c1-2-9-18-17-19-11-16(21-17)13-20-10-8-15(12-20)14-6-4-3-5-7-14/h3-7,11,15H,2,8-10,12-13H2,1H3,(H,18,19). The largest absolute Gasteiger partial charge is 0.362 e. The lowest BCUT2D eigenvalue weighted by atomic mass is 9.99. The molecule has 1 aliphatic heterocycles. The predicted molar refractivity (Wildman–Crippen MR) is 90.0 cm³/mol. The molecule has 0 radical (unpaired) electrons. The zero-order valence-corrected chi connectivity index (χ0v) is 13.4. The van der Waals surface area contributed by atoms with Crippen molar-refractivity contribution in [1.29, 1.82) is 0 Å². The summed E-state index contributed by atoms with van der Waals surface area (Å²) >= 11 is 1.79. The Morgan fingerprint density at radius 2 is 2.19 bits per heavy atom. The van der Waals surface area contributed by atoms with Crippen LogP contribution < -0.4 is 5.32 Å². The van der Waals surface area contributed by atoms with E-state index < -0.39 is 0 Å². The molecule has 1 atom stereocenters. The first-order chi connectivity index (χ1) is 10.3. The molecule has 1 aromatic heterocycles. The number of nitrogens with one attached hydrogen (secondary N) is 1. The third kappa shape index (κ3) is 3.83. The highest BCUT2D eigenvalue weighted by atomic mass is 32.1. The van der Waals surface area contributed by atoms with Crippen LogP contribution in [0.25, 0.3) is 0 Å². The number of hydrogen-bond donors (Lipinski definition) is 1. The van der Waals surface area contributed by atoms with Crippen LogP contribution in [0, 0.1) is 0 Å². The van der Waals surface area contributed by atoms with Gasteiger partial charge in [0.1, 0.15) is 0 Å². The summed E-state index contributed by atoms with van der Waals surface area (Å²) in [5, 5.41) is 4.42. The maximum atomic E-state index is 4.45. The van der Waals surface area contributed by atoms with E-state index in [1.165, 1.54) is 30.0 Å². The van der Waals surface area contributed by atoms with Crippen LogP contribution in [0.1, 0.15) is 36.1 Å². The van der Waals surface area contributed by atoms with Crippen LogP contribution in [-0.4, -0.2) is 29.5 Å². The smallest absolute Gasteiger partial charge is 0.182 e. The molecule has 2 heterocycles. The molecule has 112 valence electrons. The van der Waals surface area contributed by atoms with Gasteiger partial charge in [-0.2, -0.15) is 0 Å². The summed E-state index contributed by atoms with van der Waals surface area (Å²) in [6, 6.07) is 10.9. The van der Waals surface area contributed by atoms with Crippen LogP contribution >= 0.6 is 11.3 Å². The Morgan fingerprint density at radius 1 is 1.33 bits per heavy atom. The van der Waals surface area contributed by atoms with Crippen LogP contribution in [0.3, 0.4) is 0 Å². The van der Waals surface area contributed by atoms with E-state index in [4.69, 9.17) is 0 Å². The van der Waals surface area contributed by atoms with Crippen molar-refractivity contribution in [2.75, 3.05) is 25.0 Å². The van der Waals surface area contributed by atoms with Crippen molar-refractivity contribution < 1.29 is 0 Å². The molecule has 1 aliphatic rings. The zero-order chi connectivity index (χ0) is 14.5. The molecule has 1 aromatic carbocycles. The lowest BCUT2D eigenvalue weighted by Crippen LogP contribution is -2.19. The number of anilines is 1. The maximum absolute atomic E-state index is 4.45. The highest BCUT2D eigenvalue weighted by Crippen LogP contribution is 2.29. The van der Waals surface area contributed by atoms with Crippen LogP contribution in [-0.2, 0) is 6.54 Å². The first-order valence-electron chi connectivity index (χ1n) is 7.81. The third-order valence-electron chi connectivity index (χ3n) is 4.00. The van der Waals surface area contributed by atoms with Crippen LogP contribution in [0.2, 0.25) is 0 Å². The van der Waals surface area contributed by atoms with Crippen LogP contribution in [0.4, 0.5) is 5.13 Å². The lowest BCUT2D eigenvalue weighted by molar-refractivity contribution is 0.329. The summed E-state index contributed by atoms with van der Waals surface area (Å²) in [4.78, 5) is 8.37. The molecule has 1 N–H and O–H groups in total. The fraction of sp³-hybridized carbons (Fsp3) is 0.471. The lowest BCUT2D eigenvalue weighted by Gasteiger charge is -2.14. The van der Waals surface area contributed by atoms with E-state index in [0.717, 1.165) is 24.6 Å². The molecule has 0 saturated carbocycles.